The number of ketones is 1. The highest BCUT2D eigenvalue weighted by atomic mass is 16.5. The van der Waals surface area contributed by atoms with Crippen molar-refractivity contribution >= 4 is 18.0 Å². The van der Waals surface area contributed by atoms with Gasteiger partial charge in [-0.25, -0.2) is 0 Å². The number of carbonyl (C=O) groups is 3. The van der Waals surface area contributed by atoms with E-state index in [9.17, 15) is 14.4 Å². The summed E-state index contributed by atoms with van der Waals surface area (Å²) in [5.74, 6) is -1.38. The van der Waals surface area contributed by atoms with Gasteiger partial charge in [-0.15, -0.1) is 0 Å². The van der Waals surface area contributed by atoms with Gasteiger partial charge >= 0.3 is 5.97 Å². The van der Waals surface area contributed by atoms with E-state index in [2.05, 4.69) is 0 Å². The van der Waals surface area contributed by atoms with Gasteiger partial charge in [-0.2, -0.15) is 0 Å². The van der Waals surface area contributed by atoms with Gasteiger partial charge in [-0.3, -0.25) is 14.4 Å². The summed E-state index contributed by atoms with van der Waals surface area (Å²) in [5, 5.41) is 0. The molecule has 4 nitrogen and oxygen atoms in total. The Balaban J connectivity index is 1.94. The Morgan fingerprint density at radius 1 is 1.24 bits per heavy atom. The minimum absolute atomic E-state index is 0.0103. The summed E-state index contributed by atoms with van der Waals surface area (Å²) >= 11 is 0. The first kappa shape index (κ1) is 15.2. The van der Waals surface area contributed by atoms with E-state index >= 15 is 0 Å². The Morgan fingerprint density at radius 3 is 2.57 bits per heavy atom. The fourth-order valence-corrected chi connectivity index (χ4v) is 2.08. The Kier molecular flexibility index (Phi) is 5.43. The van der Waals surface area contributed by atoms with E-state index in [1.54, 1.807) is 6.08 Å². The molecule has 1 atom stereocenters. The molecule has 4 heteroatoms. The van der Waals surface area contributed by atoms with Gasteiger partial charge in [-0.05, 0) is 30.9 Å². The van der Waals surface area contributed by atoms with E-state index in [1.165, 1.54) is 6.08 Å². The van der Waals surface area contributed by atoms with E-state index in [1.807, 2.05) is 30.3 Å². The molecule has 0 aromatic heterocycles. The highest BCUT2D eigenvalue weighted by molar-refractivity contribution is 6.01. The number of aldehydes is 1. The highest BCUT2D eigenvalue weighted by Gasteiger charge is 2.38. The summed E-state index contributed by atoms with van der Waals surface area (Å²) in [5.41, 5.74) is 0.881. The van der Waals surface area contributed by atoms with E-state index in [0.717, 1.165) is 18.4 Å². The molecule has 110 valence electrons. The van der Waals surface area contributed by atoms with Crippen molar-refractivity contribution in [2.45, 2.75) is 25.9 Å². The molecule has 1 saturated carbocycles. The largest absolute Gasteiger partial charge is 0.460 e. The molecule has 0 aliphatic heterocycles. The first-order valence-electron chi connectivity index (χ1n) is 7.07. The summed E-state index contributed by atoms with van der Waals surface area (Å²) in [6.45, 7) is 0.158. The molecule has 1 aromatic rings. The topological polar surface area (TPSA) is 60.4 Å². The fourth-order valence-electron chi connectivity index (χ4n) is 2.08. The van der Waals surface area contributed by atoms with Crippen molar-refractivity contribution in [3.63, 3.8) is 0 Å². The van der Waals surface area contributed by atoms with E-state index in [-0.39, 0.29) is 24.7 Å². The second kappa shape index (κ2) is 7.53. The molecule has 1 unspecified atom stereocenters. The average Bonchev–Trinajstić information content (AvgIpc) is 3.34. The summed E-state index contributed by atoms with van der Waals surface area (Å²) in [4.78, 5) is 34.5. The normalized spacial score (nSPS) is 15.6. The molecule has 0 heterocycles. The lowest BCUT2D eigenvalue weighted by Crippen LogP contribution is -2.27. The fraction of sp³-hybridized carbons (Fsp3) is 0.353. The maximum atomic E-state index is 12.1. The lowest BCUT2D eigenvalue weighted by molar-refractivity contribution is -0.153. The van der Waals surface area contributed by atoms with Crippen LogP contribution < -0.4 is 0 Å². The number of hydrogen-bond donors (Lipinski definition) is 0. The SMILES string of the molecule is O=C/C=C/CC(C(=O)OCc1ccccc1)C(=O)C1CC1. The summed E-state index contributed by atoms with van der Waals surface area (Å²) in [6.07, 6.45) is 5.40. The molecule has 1 aromatic carbocycles. The zero-order chi connectivity index (χ0) is 15.1. The van der Waals surface area contributed by atoms with E-state index < -0.39 is 11.9 Å². The predicted octanol–water partition coefficient (Wildman–Crippen LogP) is 2.47. The molecular formula is C17H18O4. The molecule has 0 bridgehead atoms. The number of ether oxygens (including phenoxy) is 1. The number of allylic oxidation sites excluding steroid dienone is 2. The second-order valence-electron chi connectivity index (χ2n) is 5.12. The highest BCUT2D eigenvalue weighted by Crippen LogP contribution is 2.33. The summed E-state index contributed by atoms with van der Waals surface area (Å²) < 4.78 is 5.24. The lowest BCUT2D eigenvalue weighted by atomic mass is 9.96. The average molecular weight is 286 g/mol. The molecule has 0 amide bonds. The molecular weight excluding hydrogens is 268 g/mol. The molecule has 0 spiro atoms. The molecule has 2 rings (SSSR count). The molecule has 0 N–H and O–H groups in total. The van der Waals surface area contributed by atoms with Gasteiger partial charge in [0.15, 0.2) is 0 Å². The number of benzene rings is 1. The van der Waals surface area contributed by atoms with E-state index in [0.29, 0.717) is 6.29 Å². The van der Waals surface area contributed by atoms with Crippen molar-refractivity contribution in [1.82, 2.24) is 0 Å². The lowest BCUT2D eigenvalue weighted by Gasteiger charge is -2.13. The molecule has 21 heavy (non-hydrogen) atoms. The first-order valence-corrected chi connectivity index (χ1v) is 7.07. The Labute approximate surface area is 123 Å². The second-order valence-corrected chi connectivity index (χ2v) is 5.12. The van der Waals surface area contributed by atoms with Gasteiger partial charge in [0.1, 0.15) is 24.6 Å². The third kappa shape index (κ3) is 4.67. The number of Topliss-reactive ketones (excluding diaryl/α,β-unsaturated/α-hetero) is 1. The van der Waals surface area contributed by atoms with Crippen molar-refractivity contribution < 1.29 is 19.1 Å². The Bertz CT molecular complexity index is 529. The van der Waals surface area contributed by atoms with Gasteiger partial charge in [0.2, 0.25) is 0 Å². The quantitative estimate of drug-likeness (QED) is 0.319. The van der Waals surface area contributed by atoms with Crippen LogP contribution in [0, 0.1) is 11.8 Å². The van der Waals surface area contributed by atoms with Crippen molar-refractivity contribution in [1.29, 1.82) is 0 Å². The number of esters is 1. The van der Waals surface area contributed by atoms with Crippen LogP contribution in [-0.4, -0.2) is 18.0 Å². The maximum Gasteiger partial charge on any atom is 0.317 e. The van der Waals surface area contributed by atoms with Crippen LogP contribution in [0.15, 0.2) is 42.5 Å². The molecule has 1 fully saturated rings. The number of carbonyl (C=O) groups excluding carboxylic acids is 3. The predicted molar refractivity (Wildman–Crippen MR) is 77.3 cm³/mol. The molecule has 1 aliphatic carbocycles. The van der Waals surface area contributed by atoms with Crippen LogP contribution in [-0.2, 0) is 25.7 Å². The smallest absolute Gasteiger partial charge is 0.317 e. The first-order chi connectivity index (χ1) is 10.2. The van der Waals surface area contributed by atoms with Gasteiger partial charge in [0.05, 0.1) is 0 Å². The van der Waals surface area contributed by atoms with Gasteiger partial charge in [-0.1, -0.05) is 36.4 Å². The molecule has 0 saturated heterocycles. The third-order valence-corrected chi connectivity index (χ3v) is 3.42. The Hall–Kier alpha value is -2.23. The van der Waals surface area contributed by atoms with E-state index in [4.69, 9.17) is 4.74 Å². The van der Waals surface area contributed by atoms with Gasteiger partial charge in [0.25, 0.3) is 0 Å². The zero-order valence-electron chi connectivity index (χ0n) is 11.7. The van der Waals surface area contributed by atoms with Crippen LogP contribution in [0.2, 0.25) is 0 Å². The van der Waals surface area contributed by atoms with Crippen LogP contribution >= 0.6 is 0 Å². The van der Waals surface area contributed by atoms with Gasteiger partial charge < -0.3 is 4.74 Å². The maximum absolute atomic E-state index is 12.1. The van der Waals surface area contributed by atoms with Crippen LogP contribution in [0.5, 0.6) is 0 Å². The van der Waals surface area contributed by atoms with Crippen LogP contribution in [0.1, 0.15) is 24.8 Å². The van der Waals surface area contributed by atoms with Crippen LogP contribution in [0.25, 0.3) is 0 Å². The monoisotopic (exact) mass is 286 g/mol. The molecule has 1 aliphatic rings. The Morgan fingerprint density at radius 2 is 1.95 bits per heavy atom. The van der Waals surface area contributed by atoms with Crippen LogP contribution in [0.4, 0.5) is 0 Å². The third-order valence-electron chi connectivity index (χ3n) is 3.42. The summed E-state index contributed by atoms with van der Waals surface area (Å²) in [6, 6.07) is 9.33. The standard InChI is InChI=1S/C17H18O4/c18-11-5-4-8-15(16(19)14-9-10-14)17(20)21-12-13-6-2-1-3-7-13/h1-7,11,14-15H,8-10,12H2/b5-4+. The zero-order valence-corrected chi connectivity index (χ0v) is 11.7. The number of rotatable bonds is 8. The minimum atomic E-state index is -0.794. The minimum Gasteiger partial charge on any atom is -0.460 e. The van der Waals surface area contributed by atoms with Crippen molar-refractivity contribution in [2.24, 2.45) is 11.8 Å². The van der Waals surface area contributed by atoms with Crippen molar-refractivity contribution in [3.8, 4) is 0 Å². The molecule has 0 radical (unpaired) electrons. The summed E-state index contributed by atoms with van der Waals surface area (Å²) in [7, 11) is 0. The number of hydrogen-bond acceptors (Lipinski definition) is 4. The van der Waals surface area contributed by atoms with Crippen molar-refractivity contribution in [3.05, 3.63) is 48.0 Å². The van der Waals surface area contributed by atoms with Crippen LogP contribution in [0.3, 0.4) is 0 Å². The van der Waals surface area contributed by atoms with Gasteiger partial charge in [0, 0.05) is 5.92 Å². The van der Waals surface area contributed by atoms with Crippen molar-refractivity contribution in [2.75, 3.05) is 0 Å².